The normalized spacial score (nSPS) is 24.2. The number of amides is 1. The number of rotatable bonds is 3. The molecule has 0 saturated carbocycles. The van der Waals surface area contributed by atoms with Gasteiger partial charge in [-0.2, -0.15) is 0 Å². The summed E-state index contributed by atoms with van der Waals surface area (Å²) in [5.41, 5.74) is -0.616. The highest BCUT2D eigenvalue weighted by atomic mass is 16.5. The van der Waals surface area contributed by atoms with Crippen LogP contribution in [0.4, 0.5) is 0 Å². The lowest BCUT2D eigenvalue weighted by Crippen LogP contribution is -2.46. The van der Waals surface area contributed by atoms with Crippen LogP contribution in [0.1, 0.15) is 33.6 Å². The fourth-order valence-corrected chi connectivity index (χ4v) is 2.02. The molecule has 0 aromatic rings. The van der Waals surface area contributed by atoms with E-state index in [2.05, 4.69) is 0 Å². The van der Waals surface area contributed by atoms with Crippen molar-refractivity contribution in [2.24, 2.45) is 0 Å². The highest BCUT2D eigenvalue weighted by Crippen LogP contribution is 2.29. The minimum atomic E-state index is -0.844. The summed E-state index contributed by atoms with van der Waals surface area (Å²) in [7, 11) is 0. The van der Waals surface area contributed by atoms with E-state index in [-0.39, 0.29) is 18.4 Å². The Kier molecular flexibility index (Phi) is 3.34. The van der Waals surface area contributed by atoms with Crippen molar-refractivity contribution in [1.29, 1.82) is 0 Å². The molecule has 86 valence electrons. The zero-order valence-electron chi connectivity index (χ0n) is 9.32. The molecule has 0 aromatic carbocycles. The zero-order chi connectivity index (χ0) is 11.6. The highest BCUT2D eigenvalue weighted by molar-refractivity contribution is 5.74. The van der Waals surface area contributed by atoms with Crippen LogP contribution in [-0.2, 0) is 14.3 Å². The fourth-order valence-electron chi connectivity index (χ4n) is 2.02. The lowest BCUT2D eigenvalue weighted by Gasteiger charge is -2.32. The van der Waals surface area contributed by atoms with Gasteiger partial charge in [-0.15, -0.1) is 0 Å². The molecule has 5 nitrogen and oxygen atoms in total. The van der Waals surface area contributed by atoms with E-state index >= 15 is 0 Å². The summed E-state index contributed by atoms with van der Waals surface area (Å²) in [5, 5.41) is 8.58. The molecule has 0 bridgehead atoms. The standard InChI is InChI=1S/C10H17NO4/c1-7(12)11-8(4-5-9(13)14)6-15-10(11,2)3/h8H,4-6H2,1-3H3,(H,13,14)/t8-/m1/s1. The number of aliphatic carboxylic acids is 1. The highest BCUT2D eigenvalue weighted by Gasteiger charge is 2.41. The summed E-state index contributed by atoms with van der Waals surface area (Å²) in [4.78, 5) is 23.5. The largest absolute Gasteiger partial charge is 0.481 e. The van der Waals surface area contributed by atoms with Gasteiger partial charge in [-0.25, -0.2) is 0 Å². The monoisotopic (exact) mass is 215 g/mol. The van der Waals surface area contributed by atoms with Crippen molar-refractivity contribution in [3.8, 4) is 0 Å². The second-order valence-electron chi connectivity index (χ2n) is 4.23. The maximum atomic E-state index is 11.4. The number of nitrogens with zero attached hydrogens (tertiary/aromatic N) is 1. The van der Waals surface area contributed by atoms with Crippen LogP contribution in [0.2, 0.25) is 0 Å². The van der Waals surface area contributed by atoms with Crippen LogP contribution in [0, 0.1) is 0 Å². The lowest BCUT2D eigenvalue weighted by molar-refractivity contribution is -0.145. The van der Waals surface area contributed by atoms with Crippen LogP contribution in [0.25, 0.3) is 0 Å². The first-order valence-corrected chi connectivity index (χ1v) is 5.00. The van der Waals surface area contributed by atoms with E-state index in [1.807, 2.05) is 13.8 Å². The van der Waals surface area contributed by atoms with Crippen LogP contribution in [-0.4, -0.2) is 40.3 Å². The predicted molar refractivity (Wildman–Crippen MR) is 53.2 cm³/mol. The minimum Gasteiger partial charge on any atom is -0.481 e. The minimum absolute atomic E-state index is 0.0634. The summed E-state index contributed by atoms with van der Waals surface area (Å²) >= 11 is 0. The number of hydrogen-bond donors (Lipinski definition) is 1. The van der Waals surface area contributed by atoms with E-state index in [0.29, 0.717) is 13.0 Å². The topological polar surface area (TPSA) is 66.8 Å². The van der Waals surface area contributed by atoms with Gasteiger partial charge in [-0.1, -0.05) is 0 Å². The number of carboxylic acids is 1. The second kappa shape index (κ2) is 4.18. The van der Waals surface area contributed by atoms with Crippen molar-refractivity contribution in [2.75, 3.05) is 6.61 Å². The third kappa shape index (κ3) is 2.68. The summed E-state index contributed by atoms with van der Waals surface area (Å²) in [6.07, 6.45) is 0.506. The van der Waals surface area contributed by atoms with E-state index in [4.69, 9.17) is 9.84 Å². The van der Waals surface area contributed by atoms with Gasteiger partial charge in [0.05, 0.1) is 12.6 Å². The van der Waals surface area contributed by atoms with Gasteiger partial charge >= 0.3 is 5.97 Å². The Balaban J connectivity index is 2.66. The molecule has 1 aliphatic rings. The Morgan fingerprint density at radius 2 is 2.13 bits per heavy atom. The third-order valence-corrected chi connectivity index (χ3v) is 2.60. The number of hydrogen-bond acceptors (Lipinski definition) is 3. The average Bonchev–Trinajstić information content (AvgIpc) is 2.37. The van der Waals surface area contributed by atoms with Crippen molar-refractivity contribution in [3.05, 3.63) is 0 Å². The first kappa shape index (κ1) is 12.0. The summed E-state index contributed by atoms with van der Waals surface area (Å²) in [6, 6.07) is -0.117. The van der Waals surface area contributed by atoms with E-state index in [0.717, 1.165) is 0 Å². The van der Waals surface area contributed by atoms with Crippen molar-refractivity contribution >= 4 is 11.9 Å². The Hall–Kier alpha value is -1.10. The quantitative estimate of drug-likeness (QED) is 0.757. The number of carbonyl (C=O) groups is 2. The first-order valence-electron chi connectivity index (χ1n) is 5.00. The number of ether oxygens (including phenoxy) is 1. The maximum Gasteiger partial charge on any atom is 0.303 e. The molecule has 0 radical (unpaired) electrons. The van der Waals surface area contributed by atoms with E-state index < -0.39 is 11.7 Å². The van der Waals surface area contributed by atoms with Gasteiger partial charge in [0.25, 0.3) is 0 Å². The van der Waals surface area contributed by atoms with Crippen LogP contribution < -0.4 is 0 Å². The molecular weight excluding hydrogens is 198 g/mol. The molecule has 0 aromatic heterocycles. The average molecular weight is 215 g/mol. The van der Waals surface area contributed by atoms with E-state index in [1.54, 1.807) is 4.90 Å². The van der Waals surface area contributed by atoms with Gasteiger partial charge in [0, 0.05) is 13.3 Å². The molecule has 1 saturated heterocycles. The van der Waals surface area contributed by atoms with Gasteiger partial charge in [0.1, 0.15) is 5.72 Å². The van der Waals surface area contributed by atoms with Crippen LogP contribution in [0.3, 0.4) is 0 Å². The molecule has 1 rings (SSSR count). The van der Waals surface area contributed by atoms with Crippen LogP contribution in [0.15, 0.2) is 0 Å². The molecule has 15 heavy (non-hydrogen) atoms. The fraction of sp³-hybridized carbons (Fsp3) is 0.800. The van der Waals surface area contributed by atoms with Crippen LogP contribution in [0.5, 0.6) is 0 Å². The molecule has 1 amide bonds. The van der Waals surface area contributed by atoms with Crippen molar-refractivity contribution in [3.63, 3.8) is 0 Å². The Bertz CT molecular complexity index is 275. The molecule has 5 heteroatoms. The second-order valence-corrected chi connectivity index (χ2v) is 4.23. The van der Waals surface area contributed by atoms with Gasteiger partial charge in [-0.3, -0.25) is 9.59 Å². The smallest absolute Gasteiger partial charge is 0.303 e. The molecule has 0 unspecified atom stereocenters. The van der Waals surface area contributed by atoms with Gasteiger partial charge < -0.3 is 14.7 Å². The van der Waals surface area contributed by atoms with E-state index in [1.165, 1.54) is 6.92 Å². The van der Waals surface area contributed by atoms with Crippen molar-refractivity contribution in [1.82, 2.24) is 4.90 Å². The summed E-state index contributed by atoms with van der Waals surface area (Å²) in [5.74, 6) is -0.920. The maximum absolute atomic E-state index is 11.4. The van der Waals surface area contributed by atoms with Gasteiger partial charge in [-0.05, 0) is 20.3 Å². The first-order chi connectivity index (χ1) is 6.84. The van der Waals surface area contributed by atoms with Gasteiger partial charge in [0.2, 0.25) is 5.91 Å². The Morgan fingerprint density at radius 3 is 2.60 bits per heavy atom. The zero-order valence-corrected chi connectivity index (χ0v) is 9.32. The van der Waals surface area contributed by atoms with Crippen molar-refractivity contribution < 1.29 is 19.4 Å². The number of carbonyl (C=O) groups excluding carboxylic acids is 1. The third-order valence-electron chi connectivity index (χ3n) is 2.60. The molecule has 1 atom stereocenters. The van der Waals surface area contributed by atoms with Gasteiger partial charge in [0.15, 0.2) is 0 Å². The molecular formula is C10H17NO4. The molecule has 1 fully saturated rings. The summed E-state index contributed by atoms with van der Waals surface area (Å²) in [6.45, 7) is 5.52. The van der Waals surface area contributed by atoms with Crippen molar-refractivity contribution in [2.45, 2.75) is 45.4 Å². The number of carboxylic acid groups (broad SMARTS) is 1. The Labute approximate surface area is 89.0 Å². The molecule has 1 aliphatic heterocycles. The predicted octanol–water partition coefficient (Wildman–Crippen LogP) is 0.835. The van der Waals surface area contributed by atoms with E-state index in [9.17, 15) is 9.59 Å². The SMILES string of the molecule is CC(=O)N1[C@H](CCC(=O)O)COC1(C)C. The molecule has 1 heterocycles. The molecule has 0 spiro atoms. The van der Waals surface area contributed by atoms with Crippen LogP contribution >= 0.6 is 0 Å². The summed E-state index contributed by atoms with van der Waals surface area (Å²) < 4.78 is 5.47. The molecule has 0 aliphatic carbocycles. The molecule has 1 N–H and O–H groups in total. The lowest BCUT2D eigenvalue weighted by atomic mass is 10.1. The Morgan fingerprint density at radius 1 is 1.53 bits per heavy atom.